The summed E-state index contributed by atoms with van der Waals surface area (Å²) in [6.45, 7) is 4.45. The molecule has 4 aliphatic carbocycles. The molecule has 3 fully saturated rings. The van der Waals surface area contributed by atoms with Gasteiger partial charge in [0.25, 0.3) is 0 Å². The normalized spacial score (nSPS) is 51.3. The molecule has 0 aromatic carbocycles. The molecule has 6 atom stereocenters. The average Bonchev–Trinajstić information content (AvgIpc) is 2.68. The van der Waals surface area contributed by atoms with Crippen LogP contribution >= 0.6 is 0 Å². The molecule has 4 rings (SSSR count). The Kier molecular flexibility index (Phi) is 3.00. The lowest BCUT2D eigenvalue weighted by molar-refractivity contribution is -0.140. The van der Waals surface area contributed by atoms with E-state index in [1.165, 1.54) is 32.1 Å². The van der Waals surface area contributed by atoms with E-state index >= 15 is 0 Å². The molecule has 0 radical (unpaired) electrons. The first-order valence-corrected chi connectivity index (χ1v) is 9.06. The smallest absolute Gasteiger partial charge is 0.205 e. The highest BCUT2D eigenvalue weighted by atomic mass is 16.3. The predicted octanol–water partition coefficient (Wildman–Crippen LogP) is 4.54. The Bertz CT molecular complexity index is 551. The van der Waals surface area contributed by atoms with Crippen LogP contribution in [0.25, 0.3) is 0 Å². The molecule has 0 bridgehead atoms. The van der Waals surface area contributed by atoms with Crippen LogP contribution in [-0.4, -0.2) is 16.0 Å². The Hall–Kier alpha value is -0.990. The summed E-state index contributed by atoms with van der Waals surface area (Å²) in [4.78, 5) is 12.6. The summed E-state index contributed by atoms with van der Waals surface area (Å²) in [5, 5.41) is 20.3. The van der Waals surface area contributed by atoms with E-state index in [4.69, 9.17) is 0 Å². The van der Waals surface area contributed by atoms with Crippen molar-refractivity contribution in [2.24, 2.45) is 34.5 Å². The monoisotopic (exact) mass is 304 g/mol. The number of Topliss-reactive ketones (excluding diaryl/α,β-unsaturated/α-hetero) is 1. The maximum atomic E-state index is 12.6. The van der Waals surface area contributed by atoms with Crippen LogP contribution in [0.4, 0.5) is 0 Å². The number of fused-ring (bicyclic) bond motifs is 5. The zero-order valence-electron chi connectivity index (χ0n) is 13.8. The quantitative estimate of drug-likeness (QED) is 0.691. The second-order valence-corrected chi connectivity index (χ2v) is 8.79. The molecule has 0 aromatic rings. The van der Waals surface area contributed by atoms with Crippen molar-refractivity contribution in [1.82, 2.24) is 0 Å². The molecular weight excluding hydrogens is 276 g/mol. The molecule has 3 heteroatoms. The summed E-state index contributed by atoms with van der Waals surface area (Å²) >= 11 is 0. The van der Waals surface area contributed by atoms with Crippen LogP contribution in [0.5, 0.6) is 0 Å². The van der Waals surface area contributed by atoms with Gasteiger partial charge in [0.1, 0.15) is 5.76 Å². The standard InChI is InChI=1S/C19H28O3/c1-18-9-4-3-5-11(18)6-7-12-13(18)8-10-19(2)14(12)15(20)16(21)17(19)22/h11-14,21-22H,3-10H2,1-2H3/t11-,12-,13+,14-,18+,19+/m1/s1. The van der Waals surface area contributed by atoms with Crippen LogP contribution in [-0.2, 0) is 4.79 Å². The maximum absolute atomic E-state index is 12.6. The fourth-order valence-electron chi connectivity index (χ4n) is 6.79. The molecule has 0 aliphatic heterocycles. The molecule has 0 spiro atoms. The molecule has 3 saturated carbocycles. The van der Waals surface area contributed by atoms with E-state index < -0.39 is 5.41 Å². The van der Waals surface area contributed by atoms with E-state index in [0.29, 0.717) is 17.3 Å². The summed E-state index contributed by atoms with van der Waals surface area (Å²) in [7, 11) is 0. The zero-order valence-corrected chi connectivity index (χ0v) is 13.8. The number of aliphatic hydroxyl groups excluding tert-OH is 2. The fraction of sp³-hybridized carbons (Fsp3) is 0.842. The van der Waals surface area contributed by atoms with E-state index in [-0.39, 0.29) is 23.2 Å². The highest BCUT2D eigenvalue weighted by molar-refractivity contribution is 5.99. The number of rotatable bonds is 0. The van der Waals surface area contributed by atoms with E-state index in [2.05, 4.69) is 6.92 Å². The predicted molar refractivity (Wildman–Crippen MR) is 84.4 cm³/mol. The van der Waals surface area contributed by atoms with Crippen molar-refractivity contribution in [3.63, 3.8) is 0 Å². The molecule has 0 heterocycles. The topological polar surface area (TPSA) is 57.5 Å². The molecule has 0 unspecified atom stereocenters. The minimum atomic E-state index is -0.514. The molecule has 2 N–H and O–H groups in total. The van der Waals surface area contributed by atoms with Gasteiger partial charge >= 0.3 is 0 Å². The fourth-order valence-corrected chi connectivity index (χ4v) is 6.79. The Morgan fingerprint density at radius 1 is 1.00 bits per heavy atom. The van der Waals surface area contributed by atoms with Crippen molar-refractivity contribution in [2.75, 3.05) is 0 Å². The average molecular weight is 304 g/mol. The van der Waals surface area contributed by atoms with E-state index in [0.717, 1.165) is 25.2 Å². The minimum absolute atomic E-state index is 0.0307. The summed E-state index contributed by atoms with van der Waals surface area (Å²) in [6.07, 6.45) is 9.57. The lowest BCUT2D eigenvalue weighted by Gasteiger charge is -2.59. The van der Waals surface area contributed by atoms with Crippen LogP contribution in [0.3, 0.4) is 0 Å². The van der Waals surface area contributed by atoms with E-state index in [1.807, 2.05) is 6.92 Å². The van der Waals surface area contributed by atoms with Gasteiger partial charge in [0.05, 0.1) is 0 Å². The molecule has 3 nitrogen and oxygen atoms in total. The largest absolute Gasteiger partial charge is 0.508 e. The van der Waals surface area contributed by atoms with Crippen molar-refractivity contribution in [3.8, 4) is 0 Å². The van der Waals surface area contributed by atoms with E-state index in [1.54, 1.807) is 0 Å². The number of allylic oxidation sites excluding steroid dienone is 2. The molecule has 22 heavy (non-hydrogen) atoms. The summed E-state index contributed by atoms with van der Waals surface area (Å²) in [6, 6.07) is 0. The zero-order chi connectivity index (χ0) is 15.7. The Balaban J connectivity index is 1.71. The number of carbonyl (C=O) groups is 1. The lowest BCUT2D eigenvalue weighted by Crippen LogP contribution is -2.53. The van der Waals surface area contributed by atoms with E-state index in [9.17, 15) is 15.0 Å². The van der Waals surface area contributed by atoms with Crippen molar-refractivity contribution >= 4 is 5.78 Å². The second kappa shape index (κ2) is 4.52. The number of hydrogen-bond donors (Lipinski definition) is 2. The van der Waals surface area contributed by atoms with Gasteiger partial charge in [0.15, 0.2) is 5.76 Å². The van der Waals surface area contributed by atoms with Crippen LogP contribution < -0.4 is 0 Å². The maximum Gasteiger partial charge on any atom is 0.205 e. The highest BCUT2D eigenvalue weighted by Gasteiger charge is 2.62. The highest BCUT2D eigenvalue weighted by Crippen LogP contribution is 2.65. The van der Waals surface area contributed by atoms with Crippen LogP contribution in [0.1, 0.15) is 65.2 Å². The number of carbonyl (C=O) groups excluding carboxylic acids is 1. The minimum Gasteiger partial charge on any atom is -0.508 e. The van der Waals surface area contributed by atoms with Crippen molar-refractivity contribution in [1.29, 1.82) is 0 Å². The first-order chi connectivity index (χ1) is 10.4. The summed E-state index contributed by atoms with van der Waals surface area (Å²) in [5.74, 6) is 1.00. The van der Waals surface area contributed by atoms with Crippen LogP contribution in [0.15, 0.2) is 11.5 Å². The van der Waals surface area contributed by atoms with Gasteiger partial charge in [-0.3, -0.25) is 4.79 Å². The van der Waals surface area contributed by atoms with Gasteiger partial charge in [-0.1, -0.05) is 26.7 Å². The molecule has 0 aromatic heterocycles. The van der Waals surface area contributed by atoms with Crippen molar-refractivity contribution < 1.29 is 15.0 Å². The van der Waals surface area contributed by atoms with Crippen molar-refractivity contribution in [2.45, 2.75) is 65.2 Å². The molecule has 122 valence electrons. The second-order valence-electron chi connectivity index (χ2n) is 8.79. The van der Waals surface area contributed by atoms with Gasteiger partial charge in [-0.25, -0.2) is 0 Å². The number of ketones is 1. The molecule has 0 amide bonds. The van der Waals surface area contributed by atoms with Crippen LogP contribution in [0, 0.1) is 34.5 Å². The number of aliphatic hydroxyl groups is 2. The third-order valence-corrected chi connectivity index (χ3v) is 8.03. The summed E-state index contributed by atoms with van der Waals surface area (Å²) < 4.78 is 0. The third kappa shape index (κ3) is 1.60. The Morgan fingerprint density at radius 2 is 1.77 bits per heavy atom. The SMILES string of the molecule is C[C@]12CCCC[C@@H]1CC[C@@H]1[C@@H]2CC[C@]2(C)C(O)=C(O)C(=O)[C@@H]12. The summed E-state index contributed by atoms with van der Waals surface area (Å²) in [5.41, 5.74) is -0.142. The lowest BCUT2D eigenvalue weighted by atomic mass is 9.45. The van der Waals surface area contributed by atoms with Gasteiger partial charge in [-0.05, 0) is 61.7 Å². The number of hydrogen-bond acceptors (Lipinski definition) is 3. The van der Waals surface area contributed by atoms with Gasteiger partial charge in [-0.2, -0.15) is 0 Å². The Morgan fingerprint density at radius 3 is 2.55 bits per heavy atom. The van der Waals surface area contributed by atoms with Gasteiger partial charge in [0, 0.05) is 11.3 Å². The Labute approximate surface area is 132 Å². The van der Waals surface area contributed by atoms with Gasteiger partial charge in [-0.15, -0.1) is 0 Å². The molecule has 0 saturated heterocycles. The third-order valence-electron chi connectivity index (χ3n) is 8.03. The first kappa shape index (κ1) is 14.6. The molecule has 4 aliphatic rings. The van der Waals surface area contributed by atoms with Gasteiger partial charge < -0.3 is 10.2 Å². The van der Waals surface area contributed by atoms with Gasteiger partial charge in [0.2, 0.25) is 5.78 Å². The molecular formula is C19H28O3. The van der Waals surface area contributed by atoms with Crippen molar-refractivity contribution in [3.05, 3.63) is 11.5 Å². The van der Waals surface area contributed by atoms with Crippen LogP contribution in [0.2, 0.25) is 0 Å². The first-order valence-electron chi connectivity index (χ1n) is 9.06.